The first-order valence-electron chi connectivity index (χ1n) is 5.86. The lowest BCUT2D eigenvalue weighted by molar-refractivity contribution is 0.176. The Morgan fingerprint density at radius 3 is 3.12 bits per heavy atom. The SMILES string of the molecule is CCCNC(c1csc(I)c1)C1CCOC1. The van der Waals surface area contributed by atoms with Crippen LogP contribution in [0.15, 0.2) is 11.4 Å². The molecule has 0 bridgehead atoms. The van der Waals surface area contributed by atoms with Crippen LogP contribution in [-0.2, 0) is 4.74 Å². The summed E-state index contributed by atoms with van der Waals surface area (Å²) < 4.78 is 6.88. The quantitative estimate of drug-likeness (QED) is 0.821. The summed E-state index contributed by atoms with van der Waals surface area (Å²) in [4.78, 5) is 0. The van der Waals surface area contributed by atoms with Crippen LogP contribution in [0.25, 0.3) is 0 Å². The van der Waals surface area contributed by atoms with Crippen molar-refractivity contribution in [2.75, 3.05) is 19.8 Å². The Kier molecular flexibility index (Phi) is 5.06. The summed E-state index contributed by atoms with van der Waals surface area (Å²) in [5.41, 5.74) is 1.44. The van der Waals surface area contributed by atoms with E-state index in [2.05, 4.69) is 46.3 Å². The van der Waals surface area contributed by atoms with Crippen molar-refractivity contribution >= 4 is 33.9 Å². The van der Waals surface area contributed by atoms with Crippen LogP contribution in [0, 0.1) is 8.80 Å². The number of halogens is 1. The topological polar surface area (TPSA) is 21.3 Å². The third-order valence-electron chi connectivity index (χ3n) is 3.00. The van der Waals surface area contributed by atoms with Gasteiger partial charge < -0.3 is 10.1 Å². The number of rotatable bonds is 5. The van der Waals surface area contributed by atoms with Crippen LogP contribution in [0.2, 0.25) is 0 Å². The first-order valence-corrected chi connectivity index (χ1v) is 7.82. The van der Waals surface area contributed by atoms with Crippen LogP contribution in [0.3, 0.4) is 0 Å². The van der Waals surface area contributed by atoms with E-state index in [0.717, 1.165) is 19.8 Å². The van der Waals surface area contributed by atoms with E-state index in [-0.39, 0.29) is 0 Å². The van der Waals surface area contributed by atoms with Gasteiger partial charge in [-0.3, -0.25) is 0 Å². The van der Waals surface area contributed by atoms with E-state index in [4.69, 9.17) is 4.74 Å². The minimum atomic E-state index is 0.488. The van der Waals surface area contributed by atoms with Crippen molar-refractivity contribution in [2.24, 2.45) is 5.92 Å². The van der Waals surface area contributed by atoms with Gasteiger partial charge >= 0.3 is 0 Å². The number of hydrogen-bond acceptors (Lipinski definition) is 3. The molecule has 2 heterocycles. The molecule has 1 aliphatic heterocycles. The Labute approximate surface area is 115 Å². The highest BCUT2D eigenvalue weighted by atomic mass is 127. The van der Waals surface area contributed by atoms with Crippen molar-refractivity contribution in [3.8, 4) is 0 Å². The van der Waals surface area contributed by atoms with Gasteiger partial charge in [-0.15, -0.1) is 11.3 Å². The zero-order valence-electron chi connectivity index (χ0n) is 9.54. The van der Waals surface area contributed by atoms with Gasteiger partial charge in [0.25, 0.3) is 0 Å². The molecule has 4 heteroatoms. The van der Waals surface area contributed by atoms with Crippen molar-refractivity contribution in [1.82, 2.24) is 5.32 Å². The molecule has 1 aromatic heterocycles. The number of thiophene rings is 1. The highest BCUT2D eigenvalue weighted by Crippen LogP contribution is 2.31. The highest BCUT2D eigenvalue weighted by molar-refractivity contribution is 14.1. The van der Waals surface area contributed by atoms with Crippen LogP contribution < -0.4 is 5.32 Å². The molecular weight excluding hydrogens is 333 g/mol. The summed E-state index contributed by atoms with van der Waals surface area (Å²) in [6.07, 6.45) is 2.37. The molecule has 0 saturated carbocycles. The molecule has 1 N–H and O–H groups in total. The molecule has 2 unspecified atom stereocenters. The minimum Gasteiger partial charge on any atom is -0.381 e. The van der Waals surface area contributed by atoms with Gasteiger partial charge in [0.05, 0.1) is 9.49 Å². The van der Waals surface area contributed by atoms with Crippen LogP contribution in [0.1, 0.15) is 31.4 Å². The highest BCUT2D eigenvalue weighted by Gasteiger charge is 2.27. The van der Waals surface area contributed by atoms with Crippen LogP contribution in [0.5, 0.6) is 0 Å². The summed E-state index contributed by atoms with van der Waals surface area (Å²) in [6, 6.07) is 2.79. The lowest BCUT2D eigenvalue weighted by Crippen LogP contribution is -2.29. The van der Waals surface area contributed by atoms with Crippen LogP contribution in [0.4, 0.5) is 0 Å². The maximum atomic E-state index is 5.51. The second-order valence-electron chi connectivity index (χ2n) is 4.24. The molecule has 1 fully saturated rings. The molecule has 2 rings (SSSR count). The monoisotopic (exact) mass is 351 g/mol. The van der Waals surface area contributed by atoms with Crippen molar-refractivity contribution in [3.63, 3.8) is 0 Å². The van der Waals surface area contributed by atoms with E-state index in [9.17, 15) is 0 Å². The van der Waals surface area contributed by atoms with Crippen molar-refractivity contribution < 1.29 is 4.74 Å². The summed E-state index contributed by atoms with van der Waals surface area (Å²) in [7, 11) is 0. The Morgan fingerprint density at radius 2 is 2.56 bits per heavy atom. The number of ether oxygens (including phenoxy) is 1. The maximum Gasteiger partial charge on any atom is 0.0656 e. The van der Waals surface area contributed by atoms with Gasteiger partial charge in [0.1, 0.15) is 0 Å². The second-order valence-corrected chi connectivity index (χ2v) is 7.05. The lowest BCUT2D eigenvalue weighted by Gasteiger charge is -2.23. The normalized spacial score (nSPS) is 22.5. The number of nitrogens with one attached hydrogen (secondary N) is 1. The molecule has 90 valence electrons. The minimum absolute atomic E-state index is 0.488. The fourth-order valence-corrected chi connectivity index (χ4v) is 3.57. The van der Waals surface area contributed by atoms with E-state index in [1.54, 1.807) is 0 Å². The van der Waals surface area contributed by atoms with Gasteiger partial charge in [-0.05, 0) is 59.0 Å². The van der Waals surface area contributed by atoms with Crippen LogP contribution >= 0.6 is 33.9 Å². The van der Waals surface area contributed by atoms with Crippen molar-refractivity contribution in [2.45, 2.75) is 25.8 Å². The first kappa shape index (κ1) is 12.8. The first-order chi connectivity index (χ1) is 7.81. The molecule has 1 aliphatic rings. The smallest absolute Gasteiger partial charge is 0.0656 e. The molecule has 0 aromatic carbocycles. The molecule has 2 nitrogen and oxygen atoms in total. The second kappa shape index (κ2) is 6.33. The lowest BCUT2D eigenvalue weighted by atomic mass is 9.94. The fraction of sp³-hybridized carbons (Fsp3) is 0.667. The Morgan fingerprint density at radius 1 is 1.69 bits per heavy atom. The molecule has 0 aliphatic carbocycles. The Hall–Kier alpha value is 0.350. The molecule has 0 amide bonds. The van der Waals surface area contributed by atoms with Crippen molar-refractivity contribution in [3.05, 3.63) is 19.9 Å². The van der Waals surface area contributed by atoms with Gasteiger partial charge in [0.2, 0.25) is 0 Å². The largest absolute Gasteiger partial charge is 0.381 e. The third kappa shape index (κ3) is 3.18. The standard InChI is InChI=1S/C12H18INOS/c1-2-4-14-12(9-3-5-15-7-9)10-6-11(13)16-8-10/h6,8-9,12,14H,2-5,7H2,1H3. The fourth-order valence-electron chi connectivity index (χ4n) is 2.16. The summed E-state index contributed by atoms with van der Waals surface area (Å²) >= 11 is 4.23. The molecule has 1 saturated heterocycles. The third-order valence-corrected chi connectivity index (χ3v) is 4.80. The van der Waals surface area contributed by atoms with Gasteiger partial charge in [0, 0.05) is 18.6 Å². The predicted molar refractivity (Wildman–Crippen MR) is 77.0 cm³/mol. The van der Waals surface area contributed by atoms with Gasteiger partial charge in [0.15, 0.2) is 0 Å². The molecule has 1 aromatic rings. The Bertz CT molecular complexity index is 323. The zero-order chi connectivity index (χ0) is 11.4. The molecule has 2 atom stereocenters. The van der Waals surface area contributed by atoms with E-state index < -0.39 is 0 Å². The molecule has 16 heavy (non-hydrogen) atoms. The van der Waals surface area contributed by atoms with Crippen LogP contribution in [-0.4, -0.2) is 19.8 Å². The Balaban J connectivity index is 2.06. The van der Waals surface area contributed by atoms with Gasteiger partial charge in [-0.2, -0.15) is 0 Å². The van der Waals surface area contributed by atoms with E-state index in [1.165, 1.54) is 21.3 Å². The van der Waals surface area contributed by atoms with E-state index in [0.29, 0.717) is 12.0 Å². The average Bonchev–Trinajstić information content (AvgIpc) is 2.91. The number of hydrogen-bond donors (Lipinski definition) is 1. The summed E-state index contributed by atoms with van der Waals surface area (Å²) in [6.45, 7) is 5.14. The predicted octanol–water partition coefficient (Wildman–Crippen LogP) is 3.43. The van der Waals surface area contributed by atoms with Crippen molar-refractivity contribution in [1.29, 1.82) is 0 Å². The van der Waals surface area contributed by atoms with Gasteiger partial charge in [-0.1, -0.05) is 6.92 Å². The zero-order valence-corrected chi connectivity index (χ0v) is 12.5. The molecule has 0 spiro atoms. The van der Waals surface area contributed by atoms with Gasteiger partial charge in [-0.25, -0.2) is 0 Å². The maximum absolute atomic E-state index is 5.51. The molecular formula is C12H18INOS. The summed E-state index contributed by atoms with van der Waals surface area (Å²) in [5.74, 6) is 0.650. The summed E-state index contributed by atoms with van der Waals surface area (Å²) in [5, 5.41) is 5.95. The average molecular weight is 351 g/mol. The van der Waals surface area contributed by atoms with E-state index >= 15 is 0 Å². The van der Waals surface area contributed by atoms with E-state index in [1.807, 2.05) is 11.3 Å². The molecule has 0 radical (unpaired) electrons.